The molecule has 1 N–H and O–H groups in total. The lowest BCUT2D eigenvalue weighted by molar-refractivity contribution is 0.289. The highest BCUT2D eigenvalue weighted by Crippen LogP contribution is 2.22. The summed E-state index contributed by atoms with van der Waals surface area (Å²) in [6.07, 6.45) is 0. The van der Waals surface area contributed by atoms with Crippen LogP contribution in [0.5, 0.6) is 0 Å². The van der Waals surface area contributed by atoms with Gasteiger partial charge in [0.25, 0.3) is 0 Å². The monoisotopic (exact) mass is 321 g/mol. The maximum absolute atomic E-state index is 13.1. The van der Waals surface area contributed by atoms with E-state index in [1.54, 1.807) is 0 Å². The molecule has 0 aliphatic carbocycles. The Hall–Kier alpha value is -0.650. The van der Waals surface area contributed by atoms with Gasteiger partial charge in [-0.05, 0) is 36.0 Å². The van der Waals surface area contributed by atoms with Crippen molar-refractivity contribution in [3.63, 3.8) is 0 Å². The molecule has 6 heteroatoms. The third-order valence-corrected chi connectivity index (χ3v) is 5.13. The van der Waals surface area contributed by atoms with Crippen LogP contribution in [-0.2, 0) is 10.0 Å². The lowest BCUT2D eigenvalue weighted by atomic mass is 9.86. The number of nitrogens with one attached hydrogen (secondary N) is 1. The highest BCUT2D eigenvalue weighted by molar-refractivity contribution is 7.89. The third-order valence-electron chi connectivity index (χ3n) is 3.42. The van der Waals surface area contributed by atoms with Crippen molar-refractivity contribution in [2.24, 2.45) is 17.8 Å². The van der Waals surface area contributed by atoms with Gasteiger partial charge in [-0.2, -0.15) is 0 Å². The number of rotatable bonds is 6. The van der Waals surface area contributed by atoms with Crippen LogP contribution in [0.1, 0.15) is 27.7 Å². The fourth-order valence-corrected chi connectivity index (χ4v) is 3.52. The predicted octanol–water partition coefficient (Wildman–Crippen LogP) is 3.69. The molecule has 0 spiro atoms. The van der Waals surface area contributed by atoms with E-state index in [0.29, 0.717) is 18.4 Å². The van der Waals surface area contributed by atoms with Crippen molar-refractivity contribution in [1.82, 2.24) is 4.72 Å². The Morgan fingerprint density at radius 3 is 2.20 bits per heavy atom. The van der Waals surface area contributed by atoms with Crippen LogP contribution in [-0.4, -0.2) is 15.0 Å². The van der Waals surface area contributed by atoms with Gasteiger partial charge in [-0.3, -0.25) is 0 Å². The average molecular weight is 322 g/mol. The predicted molar refractivity (Wildman–Crippen MR) is 79.8 cm³/mol. The molecule has 0 saturated carbocycles. The molecule has 3 nitrogen and oxygen atoms in total. The van der Waals surface area contributed by atoms with E-state index in [-0.39, 0.29) is 15.8 Å². The minimum absolute atomic E-state index is 0.0184. The van der Waals surface area contributed by atoms with Crippen LogP contribution in [0.3, 0.4) is 0 Å². The Morgan fingerprint density at radius 1 is 1.20 bits per heavy atom. The van der Waals surface area contributed by atoms with Crippen molar-refractivity contribution in [3.8, 4) is 0 Å². The zero-order valence-electron chi connectivity index (χ0n) is 12.2. The van der Waals surface area contributed by atoms with Crippen LogP contribution in [0, 0.1) is 23.6 Å². The molecule has 0 bridgehead atoms. The topological polar surface area (TPSA) is 46.2 Å². The maximum atomic E-state index is 13.1. The first-order valence-corrected chi connectivity index (χ1v) is 8.46. The minimum Gasteiger partial charge on any atom is -0.211 e. The fraction of sp³-hybridized carbons (Fsp3) is 0.571. The van der Waals surface area contributed by atoms with E-state index in [1.165, 1.54) is 6.07 Å². The summed E-state index contributed by atoms with van der Waals surface area (Å²) in [5.41, 5.74) is 0. The summed E-state index contributed by atoms with van der Waals surface area (Å²) in [6, 6.07) is 3.39. The normalized spacial score (nSPS) is 12.7. The van der Waals surface area contributed by atoms with E-state index in [1.807, 2.05) is 0 Å². The molecule has 0 aliphatic rings. The van der Waals surface area contributed by atoms with Crippen LogP contribution < -0.4 is 4.72 Å². The summed E-state index contributed by atoms with van der Waals surface area (Å²) < 4.78 is 39.9. The highest BCUT2D eigenvalue weighted by atomic mass is 35.5. The summed E-state index contributed by atoms with van der Waals surface area (Å²) >= 11 is 5.62. The lowest BCUT2D eigenvalue weighted by Gasteiger charge is -2.25. The molecular weight excluding hydrogens is 301 g/mol. The van der Waals surface area contributed by atoms with E-state index in [4.69, 9.17) is 11.6 Å². The SMILES string of the molecule is CC(C)C(CNS(=O)(=O)c1ccc(F)c(Cl)c1)C(C)C. The highest BCUT2D eigenvalue weighted by Gasteiger charge is 2.22. The summed E-state index contributed by atoms with van der Waals surface area (Å²) in [5.74, 6) is 0.345. The molecule has 0 aromatic heterocycles. The smallest absolute Gasteiger partial charge is 0.211 e. The Bertz CT molecular complexity index is 550. The van der Waals surface area contributed by atoms with Crippen LogP contribution in [0.2, 0.25) is 5.02 Å². The zero-order chi connectivity index (χ0) is 15.5. The van der Waals surface area contributed by atoms with Crippen LogP contribution in [0.25, 0.3) is 0 Å². The van der Waals surface area contributed by atoms with Crippen molar-refractivity contribution in [3.05, 3.63) is 29.0 Å². The molecular formula is C14H21ClFNO2S. The molecule has 0 aliphatic heterocycles. The molecule has 114 valence electrons. The minimum atomic E-state index is -3.66. The van der Waals surface area contributed by atoms with Gasteiger partial charge in [0, 0.05) is 6.54 Å². The Balaban J connectivity index is 2.87. The number of halogens is 2. The number of hydrogen-bond acceptors (Lipinski definition) is 2. The van der Waals surface area contributed by atoms with E-state index in [9.17, 15) is 12.8 Å². The molecule has 0 heterocycles. The van der Waals surface area contributed by atoms with Crippen LogP contribution >= 0.6 is 11.6 Å². The standard InChI is InChI=1S/C14H21ClFNO2S/c1-9(2)12(10(3)4)8-17-20(18,19)11-5-6-14(16)13(15)7-11/h5-7,9-10,12,17H,8H2,1-4H3. The molecule has 0 atom stereocenters. The first kappa shape index (κ1) is 17.4. The quantitative estimate of drug-likeness (QED) is 0.868. The summed E-state index contributed by atoms with van der Waals surface area (Å²) in [7, 11) is -3.66. The van der Waals surface area contributed by atoms with Gasteiger partial charge in [0.1, 0.15) is 5.82 Å². The van der Waals surface area contributed by atoms with E-state index >= 15 is 0 Å². The van der Waals surface area contributed by atoms with Gasteiger partial charge in [0.15, 0.2) is 0 Å². The molecule has 0 amide bonds. The lowest BCUT2D eigenvalue weighted by Crippen LogP contribution is -2.34. The van der Waals surface area contributed by atoms with E-state index < -0.39 is 15.8 Å². The van der Waals surface area contributed by atoms with Crippen LogP contribution in [0.15, 0.2) is 23.1 Å². The van der Waals surface area contributed by atoms with E-state index in [2.05, 4.69) is 32.4 Å². The molecule has 0 unspecified atom stereocenters. The van der Waals surface area contributed by atoms with Crippen molar-refractivity contribution in [2.45, 2.75) is 32.6 Å². The van der Waals surface area contributed by atoms with Gasteiger partial charge < -0.3 is 0 Å². The number of sulfonamides is 1. The summed E-state index contributed by atoms with van der Waals surface area (Å²) in [5, 5.41) is -0.197. The molecule has 1 aromatic rings. The Kier molecular flexibility index (Phi) is 5.98. The molecule has 0 radical (unpaired) electrons. The second-order valence-corrected chi connectivity index (χ2v) is 7.75. The Morgan fingerprint density at radius 2 is 1.75 bits per heavy atom. The first-order valence-electron chi connectivity index (χ1n) is 6.60. The zero-order valence-corrected chi connectivity index (χ0v) is 13.7. The summed E-state index contributed by atoms with van der Waals surface area (Å²) in [6.45, 7) is 8.61. The molecule has 1 aromatic carbocycles. The van der Waals surface area contributed by atoms with Crippen molar-refractivity contribution < 1.29 is 12.8 Å². The number of benzene rings is 1. The van der Waals surface area contributed by atoms with Crippen molar-refractivity contribution in [2.75, 3.05) is 6.54 Å². The van der Waals surface area contributed by atoms with Gasteiger partial charge in [-0.15, -0.1) is 0 Å². The van der Waals surface area contributed by atoms with Crippen LogP contribution in [0.4, 0.5) is 4.39 Å². The van der Waals surface area contributed by atoms with Gasteiger partial charge in [-0.1, -0.05) is 39.3 Å². The molecule has 20 heavy (non-hydrogen) atoms. The molecule has 0 saturated heterocycles. The maximum Gasteiger partial charge on any atom is 0.240 e. The second-order valence-electron chi connectivity index (χ2n) is 5.58. The fourth-order valence-electron chi connectivity index (χ4n) is 2.17. The van der Waals surface area contributed by atoms with Gasteiger partial charge in [0.05, 0.1) is 9.92 Å². The van der Waals surface area contributed by atoms with Gasteiger partial charge in [-0.25, -0.2) is 17.5 Å². The molecule has 0 fully saturated rings. The Labute approximate surface area is 125 Å². The second kappa shape index (κ2) is 6.87. The van der Waals surface area contributed by atoms with Crippen molar-refractivity contribution >= 4 is 21.6 Å². The largest absolute Gasteiger partial charge is 0.240 e. The third kappa shape index (κ3) is 4.43. The average Bonchev–Trinajstić information content (AvgIpc) is 2.31. The number of hydrogen-bond donors (Lipinski definition) is 1. The summed E-state index contributed by atoms with van der Waals surface area (Å²) in [4.78, 5) is -0.0184. The molecule has 1 rings (SSSR count). The van der Waals surface area contributed by atoms with Crippen molar-refractivity contribution in [1.29, 1.82) is 0 Å². The first-order chi connectivity index (χ1) is 9.15. The van der Waals surface area contributed by atoms with Gasteiger partial charge >= 0.3 is 0 Å². The van der Waals surface area contributed by atoms with E-state index in [0.717, 1.165) is 12.1 Å². The van der Waals surface area contributed by atoms with Gasteiger partial charge in [0.2, 0.25) is 10.0 Å².